The number of pyridine rings is 1. The minimum Gasteiger partial charge on any atom is -0.511 e. The van der Waals surface area contributed by atoms with Crippen LogP contribution in [0.1, 0.15) is 26.3 Å². The van der Waals surface area contributed by atoms with Gasteiger partial charge in [-0.1, -0.05) is 20.8 Å². The highest BCUT2D eigenvalue weighted by molar-refractivity contribution is 6.33. The summed E-state index contributed by atoms with van der Waals surface area (Å²) in [5.41, 5.74) is 0.206. The average Bonchev–Trinajstić information content (AvgIpc) is 2.25. The molecule has 2 N–H and O–H groups in total. The van der Waals surface area contributed by atoms with Crippen molar-refractivity contribution in [2.75, 3.05) is 11.9 Å². The molecule has 0 spiro atoms. The third-order valence-electron chi connectivity index (χ3n) is 2.53. The van der Waals surface area contributed by atoms with Gasteiger partial charge in [0.25, 0.3) is 0 Å². The lowest BCUT2D eigenvalue weighted by Gasteiger charge is -2.26. The number of hydrogen-bond donors (Lipinski definition) is 2. The molecule has 1 heterocycles. The minimum absolute atomic E-state index is 0.0565. The van der Waals surface area contributed by atoms with Gasteiger partial charge in [0, 0.05) is 12.5 Å². The summed E-state index contributed by atoms with van der Waals surface area (Å²) in [6, 6.07) is 1.59. The molecule has 104 valence electrons. The fourth-order valence-electron chi connectivity index (χ4n) is 1.68. The molecule has 0 bridgehead atoms. The number of carbonyl (C=O) groups excluding carboxylic acids is 1. The fourth-order valence-corrected chi connectivity index (χ4v) is 1.68. The SMILES string of the molecule is Cc1cc(OB(O)O)cnc1N(C)C(=O)C(C)(C)C. The largest absolute Gasteiger partial charge is 0.707 e. The third kappa shape index (κ3) is 3.94. The van der Waals surface area contributed by atoms with Gasteiger partial charge in [0.05, 0.1) is 6.20 Å². The Morgan fingerprint density at radius 2 is 2.00 bits per heavy atom. The van der Waals surface area contributed by atoms with Crippen molar-refractivity contribution in [1.82, 2.24) is 4.98 Å². The molecule has 0 aromatic carbocycles. The summed E-state index contributed by atoms with van der Waals surface area (Å²) >= 11 is 0. The van der Waals surface area contributed by atoms with Gasteiger partial charge in [0.15, 0.2) is 0 Å². The zero-order valence-electron chi connectivity index (χ0n) is 11.8. The van der Waals surface area contributed by atoms with Crippen molar-refractivity contribution in [2.45, 2.75) is 27.7 Å². The molecule has 6 nitrogen and oxygen atoms in total. The fraction of sp³-hybridized carbons (Fsp3) is 0.500. The van der Waals surface area contributed by atoms with Crippen LogP contribution in [-0.4, -0.2) is 35.3 Å². The molecule has 19 heavy (non-hydrogen) atoms. The highest BCUT2D eigenvalue weighted by Crippen LogP contribution is 2.25. The molecule has 0 atom stereocenters. The molecule has 1 amide bonds. The van der Waals surface area contributed by atoms with E-state index in [4.69, 9.17) is 14.7 Å². The maximum Gasteiger partial charge on any atom is 0.707 e. The molecule has 0 aliphatic carbocycles. The van der Waals surface area contributed by atoms with Crippen LogP contribution in [0.25, 0.3) is 0 Å². The molecule has 1 aromatic heterocycles. The number of carbonyl (C=O) groups is 1. The molecule has 0 radical (unpaired) electrons. The van der Waals surface area contributed by atoms with E-state index < -0.39 is 12.7 Å². The predicted molar refractivity (Wildman–Crippen MR) is 72.7 cm³/mol. The van der Waals surface area contributed by atoms with Gasteiger partial charge < -0.3 is 14.7 Å². The molecule has 0 saturated carbocycles. The standard InChI is InChI=1S/C12H19BN2O4/c1-8-6-9(19-13(17)18)7-14-10(8)15(5)11(16)12(2,3)4/h6-7,17-18H,1-5H3. The highest BCUT2D eigenvalue weighted by Gasteiger charge is 2.27. The molecular weight excluding hydrogens is 247 g/mol. The van der Waals surface area contributed by atoms with Crippen LogP contribution in [0.2, 0.25) is 0 Å². The first-order valence-electron chi connectivity index (χ1n) is 5.90. The number of aryl methyl sites for hydroxylation is 1. The summed E-state index contributed by atoms with van der Waals surface area (Å²) in [5.74, 6) is 0.687. The number of nitrogens with zero attached hydrogens (tertiary/aromatic N) is 2. The number of anilines is 1. The van der Waals surface area contributed by atoms with Crippen molar-refractivity contribution in [3.8, 4) is 5.75 Å². The van der Waals surface area contributed by atoms with Gasteiger partial charge in [-0.05, 0) is 18.6 Å². The van der Waals surface area contributed by atoms with Gasteiger partial charge in [-0.3, -0.25) is 9.69 Å². The zero-order chi connectivity index (χ0) is 14.8. The molecule has 7 heteroatoms. The Morgan fingerprint density at radius 1 is 1.42 bits per heavy atom. The van der Waals surface area contributed by atoms with E-state index in [0.717, 1.165) is 0 Å². The van der Waals surface area contributed by atoms with Gasteiger partial charge in [-0.2, -0.15) is 0 Å². The van der Waals surface area contributed by atoms with Crippen molar-refractivity contribution >= 4 is 19.0 Å². The highest BCUT2D eigenvalue weighted by atomic mass is 16.6. The van der Waals surface area contributed by atoms with Crippen molar-refractivity contribution in [2.24, 2.45) is 5.41 Å². The normalized spacial score (nSPS) is 11.1. The Morgan fingerprint density at radius 3 is 2.42 bits per heavy atom. The molecule has 0 aliphatic rings. The Hall–Kier alpha value is -1.60. The quantitative estimate of drug-likeness (QED) is 0.789. The van der Waals surface area contributed by atoms with E-state index in [1.54, 1.807) is 20.0 Å². The Kier molecular flexibility index (Phi) is 4.54. The van der Waals surface area contributed by atoms with Gasteiger partial charge in [0.1, 0.15) is 11.6 Å². The zero-order valence-corrected chi connectivity index (χ0v) is 11.8. The van der Waals surface area contributed by atoms with Gasteiger partial charge in [-0.25, -0.2) is 4.98 Å². The summed E-state index contributed by atoms with van der Waals surface area (Å²) < 4.78 is 4.70. The van der Waals surface area contributed by atoms with Crippen LogP contribution >= 0.6 is 0 Å². The molecule has 0 saturated heterocycles. The van der Waals surface area contributed by atoms with Gasteiger partial charge >= 0.3 is 7.32 Å². The maximum atomic E-state index is 12.2. The number of aromatic nitrogens is 1. The molecule has 1 rings (SSSR count). The lowest BCUT2D eigenvalue weighted by molar-refractivity contribution is -0.125. The van der Waals surface area contributed by atoms with Gasteiger partial charge in [-0.15, -0.1) is 0 Å². The van der Waals surface area contributed by atoms with E-state index in [-0.39, 0.29) is 11.7 Å². The first-order valence-corrected chi connectivity index (χ1v) is 5.90. The van der Waals surface area contributed by atoms with Crippen LogP contribution < -0.4 is 9.55 Å². The second kappa shape index (κ2) is 5.58. The van der Waals surface area contributed by atoms with Crippen molar-refractivity contribution in [1.29, 1.82) is 0 Å². The second-order valence-corrected chi connectivity index (χ2v) is 5.37. The molecule has 0 aliphatic heterocycles. The molecular formula is C12H19BN2O4. The van der Waals surface area contributed by atoms with Crippen LogP contribution in [0.3, 0.4) is 0 Å². The number of amides is 1. The third-order valence-corrected chi connectivity index (χ3v) is 2.53. The van der Waals surface area contributed by atoms with E-state index in [0.29, 0.717) is 11.4 Å². The van der Waals surface area contributed by atoms with E-state index in [9.17, 15) is 4.79 Å². The Bertz CT molecular complexity index is 471. The lowest BCUT2D eigenvalue weighted by atomic mass is 9.95. The predicted octanol–water partition coefficient (Wildman–Crippen LogP) is 0.747. The van der Waals surface area contributed by atoms with Crippen LogP contribution in [0, 0.1) is 12.3 Å². The van der Waals surface area contributed by atoms with E-state index in [1.807, 2.05) is 20.8 Å². The smallest absolute Gasteiger partial charge is 0.511 e. The van der Waals surface area contributed by atoms with E-state index >= 15 is 0 Å². The summed E-state index contributed by atoms with van der Waals surface area (Å²) in [7, 11) is -0.231. The summed E-state index contributed by atoms with van der Waals surface area (Å²) in [6.07, 6.45) is 1.34. The lowest BCUT2D eigenvalue weighted by Crippen LogP contribution is -2.37. The Balaban J connectivity index is 3.00. The topological polar surface area (TPSA) is 82.9 Å². The number of hydrogen-bond acceptors (Lipinski definition) is 5. The first-order chi connectivity index (χ1) is 8.62. The average molecular weight is 266 g/mol. The molecule has 0 fully saturated rings. The first kappa shape index (κ1) is 15.5. The minimum atomic E-state index is -1.89. The van der Waals surface area contributed by atoms with Crippen LogP contribution in [0.4, 0.5) is 5.82 Å². The van der Waals surface area contributed by atoms with Crippen molar-refractivity contribution in [3.05, 3.63) is 17.8 Å². The maximum absolute atomic E-state index is 12.2. The van der Waals surface area contributed by atoms with Gasteiger partial charge in [0.2, 0.25) is 5.91 Å². The molecule has 1 aromatic rings. The van der Waals surface area contributed by atoms with Crippen LogP contribution in [-0.2, 0) is 4.79 Å². The summed E-state index contributed by atoms with van der Waals surface area (Å²) in [5, 5.41) is 17.4. The Labute approximate surface area is 113 Å². The van der Waals surface area contributed by atoms with Crippen molar-refractivity contribution < 1.29 is 19.5 Å². The van der Waals surface area contributed by atoms with E-state index in [2.05, 4.69) is 4.98 Å². The molecule has 0 unspecified atom stereocenters. The van der Waals surface area contributed by atoms with Crippen LogP contribution in [0.15, 0.2) is 12.3 Å². The van der Waals surface area contributed by atoms with Crippen molar-refractivity contribution in [3.63, 3.8) is 0 Å². The number of rotatable bonds is 3. The van der Waals surface area contributed by atoms with E-state index in [1.165, 1.54) is 11.1 Å². The summed E-state index contributed by atoms with van der Waals surface area (Å²) in [4.78, 5) is 17.8. The second-order valence-electron chi connectivity index (χ2n) is 5.37. The monoisotopic (exact) mass is 266 g/mol. The summed E-state index contributed by atoms with van der Waals surface area (Å²) in [6.45, 7) is 7.27. The van der Waals surface area contributed by atoms with Crippen LogP contribution in [0.5, 0.6) is 5.75 Å².